The Kier molecular flexibility index (Phi) is 9.76. The minimum absolute atomic E-state index is 0.0574. The van der Waals surface area contributed by atoms with Crippen LogP contribution in [0.25, 0.3) is 0 Å². The number of carbonyl (C=O) groups is 2. The molecule has 2 amide bonds. The van der Waals surface area contributed by atoms with E-state index < -0.39 is 6.04 Å². The lowest BCUT2D eigenvalue weighted by atomic mass is 10.0. The molecule has 0 fully saturated rings. The maximum Gasteiger partial charge on any atom is 0.261 e. The van der Waals surface area contributed by atoms with Crippen LogP contribution < -0.4 is 10.1 Å². The number of rotatable bonds is 11. The molecule has 0 spiro atoms. The van der Waals surface area contributed by atoms with E-state index in [-0.39, 0.29) is 30.4 Å². The van der Waals surface area contributed by atoms with Crippen LogP contribution in [0.3, 0.4) is 0 Å². The van der Waals surface area contributed by atoms with Gasteiger partial charge in [0.1, 0.15) is 11.8 Å². The van der Waals surface area contributed by atoms with Crippen molar-refractivity contribution in [2.24, 2.45) is 0 Å². The molecule has 1 N–H and O–H groups in total. The Morgan fingerprint density at radius 1 is 0.969 bits per heavy atom. The van der Waals surface area contributed by atoms with Gasteiger partial charge in [0.25, 0.3) is 5.91 Å². The highest BCUT2D eigenvalue weighted by molar-refractivity contribution is 5.88. The molecule has 0 aromatic heterocycles. The van der Waals surface area contributed by atoms with E-state index in [4.69, 9.17) is 4.74 Å². The van der Waals surface area contributed by atoms with E-state index in [9.17, 15) is 9.59 Å². The molecule has 32 heavy (non-hydrogen) atoms. The topological polar surface area (TPSA) is 58.6 Å². The number of nitrogens with one attached hydrogen (secondary N) is 1. The summed E-state index contributed by atoms with van der Waals surface area (Å²) in [6, 6.07) is 15.3. The molecule has 2 atom stereocenters. The summed E-state index contributed by atoms with van der Waals surface area (Å²) in [5, 5.41) is 3.04. The number of aryl methyl sites for hydroxylation is 1. The zero-order chi connectivity index (χ0) is 23.7. The normalized spacial score (nSPS) is 12.8. The van der Waals surface area contributed by atoms with Gasteiger partial charge < -0.3 is 15.0 Å². The van der Waals surface area contributed by atoms with Gasteiger partial charge in [-0.15, -0.1) is 0 Å². The molecule has 0 aliphatic rings. The van der Waals surface area contributed by atoms with Crippen LogP contribution in [0.5, 0.6) is 5.75 Å². The van der Waals surface area contributed by atoms with Crippen molar-refractivity contribution >= 4 is 11.8 Å². The molecular formula is C27H38N2O3. The van der Waals surface area contributed by atoms with Crippen LogP contribution in [0.4, 0.5) is 0 Å². The van der Waals surface area contributed by atoms with Gasteiger partial charge in [-0.05, 0) is 49.8 Å². The molecule has 2 aromatic rings. The molecule has 174 valence electrons. The zero-order valence-corrected chi connectivity index (χ0v) is 20.4. The molecule has 0 aliphatic carbocycles. The van der Waals surface area contributed by atoms with E-state index in [1.165, 1.54) is 0 Å². The number of hydrogen-bond acceptors (Lipinski definition) is 3. The van der Waals surface area contributed by atoms with Crippen molar-refractivity contribution in [1.82, 2.24) is 10.2 Å². The van der Waals surface area contributed by atoms with E-state index in [0.717, 1.165) is 23.1 Å². The standard InChI is InChI=1S/C27H38N2O3/c1-7-21(6)28-27(31)24(8-2)29(17-22-15-13-20(5)14-16-22)26(30)18-32-25-12-10-9-11-23(25)19(3)4/h9-16,19,21,24H,7-8,17-18H2,1-6H3,(H,28,31)/t21-,24-/m1/s1. The summed E-state index contributed by atoms with van der Waals surface area (Å²) in [4.78, 5) is 28.0. The van der Waals surface area contributed by atoms with Crippen molar-refractivity contribution in [1.29, 1.82) is 0 Å². The Labute approximate surface area is 193 Å². The van der Waals surface area contributed by atoms with Crippen molar-refractivity contribution in [2.45, 2.75) is 78.9 Å². The van der Waals surface area contributed by atoms with Crippen molar-refractivity contribution in [3.63, 3.8) is 0 Å². The van der Waals surface area contributed by atoms with Gasteiger partial charge in [-0.1, -0.05) is 75.7 Å². The van der Waals surface area contributed by atoms with Crippen LogP contribution in [0.1, 0.15) is 70.1 Å². The SMILES string of the molecule is CC[C@@H](C)NC(=O)[C@@H](CC)N(Cc1ccc(C)cc1)C(=O)COc1ccccc1C(C)C. The number of para-hydroxylation sites is 1. The molecule has 5 heteroatoms. The minimum atomic E-state index is -0.554. The Hall–Kier alpha value is -2.82. The Bertz CT molecular complexity index is 877. The Morgan fingerprint density at radius 3 is 2.22 bits per heavy atom. The van der Waals surface area contributed by atoms with E-state index in [1.54, 1.807) is 4.90 Å². The largest absolute Gasteiger partial charge is 0.483 e. The maximum absolute atomic E-state index is 13.4. The van der Waals surface area contributed by atoms with Crippen LogP contribution in [0.2, 0.25) is 0 Å². The molecule has 0 saturated heterocycles. The second-order valence-electron chi connectivity index (χ2n) is 8.73. The van der Waals surface area contributed by atoms with Crippen molar-refractivity contribution in [2.75, 3.05) is 6.61 Å². The highest BCUT2D eigenvalue weighted by Gasteiger charge is 2.29. The fraction of sp³-hybridized carbons (Fsp3) is 0.481. The number of amides is 2. The monoisotopic (exact) mass is 438 g/mol. The van der Waals surface area contributed by atoms with Gasteiger partial charge in [0.05, 0.1) is 0 Å². The fourth-order valence-corrected chi connectivity index (χ4v) is 3.56. The van der Waals surface area contributed by atoms with Crippen molar-refractivity contribution in [3.05, 3.63) is 65.2 Å². The lowest BCUT2D eigenvalue weighted by Crippen LogP contribution is -2.51. The Balaban J connectivity index is 2.24. The van der Waals surface area contributed by atoms with Gasteiger partial charge in [-0.25, -0.2) is 0 Å². The van der Waals surface area contributed by atoms with E-state index in [0.29, 0.717) is 18.7 Å². The van der Waals surface area contributed by atoms with Gasteiger partial charge >= 0.3 is 0 Å². The predicted molar refractivity (Wildman–Crippen MR) is 130 cm³/mol. The fourth-order valence-electron chi connectivity index (χ4n) is 3.56. The first-order valence-electron chi connectivity index (χ1n) is 11.6. The summed E-state index contributed by atoms with van der Waals surface area (Å²) in [6.45, 7) is 12.4. The number of benzene rings is 2. The molecular weight excluding hydrogens is 400 g/mol. The lowest BCUT2D eigenvalue weighted by molar-refractivity contribution is -0.143. The van der Waals surface area contributed by atoms with Gasteiger partial charge in [0.15, 0.2) is 6.61 Å². The molecule has 0 radical (unpaired) electrons. The van der Waals surface area contributed by atoms with E-state index >= 15 is 0 Å². The summed E-state index contributed by atoms with van der Waals surface area (Å²) >= 11 is 0. The average molecular weight is 439 g/mol. The summed E-state index contributed by atoms with van der Waals surface area (Å²) < 4.78 is 5.95. The van der Waals surface area contributed by atoms with Gasteiger partial charge in [-0.2, -0.15) is 0 Å². The van der Waals surface area contributed by atoms with Gasteiger partial charge in [0, 0.05) is 12.6 Å². The van der Waals surface area contributed by atoms with Crippen LogP contribution in [0.15, 0.2) is 48.5 Å². The van der Waals surface area contributed by atoms with Crippen molar-refractivity contribution in [3.8, 4) is 5.75 Å². The third-order valence-electron chi connectivity index (χ3n) is 5.75. The summed E-state index contributed by atoms with van der Waals surface area (Å²) in [6.07, 6.45) is 1.37. The van der Waals surface area contributed by atoms with Gasteiger partial charge in [-0.3, -0.25) is 9.59 Å². The van der Waals surface area contributed by atoms with Crippen LogP contribution in [-0.4, -0.2) is 35.4 Å². The smallest absolute Gasteiger partial charge is 0.261 e. The summed E-state index contributed by atoms with van der Waals surface area (Å²) in [5.74, 6) is 0.679. The number of hydrogen-bond donors (Lipinski definition) is 1. The first-order chi connectivity index (χ1) is 15.3. The second-order valence-corrected chi connectivity index (χ2v) is 8.73. The third kappa shape index (κ3) is 7.11. The summed E-state index contributed by atoms with van der Waals surface area (Å²) in [7, 11) is 0. The highest BCUT2D eigenvalue weighted by atomic mass is 16.5. The minimum Gasteiger partial charge on any atom is -0.483 e. The molecule has 0 unspecified atom stereocenters. The molecule has 2 aromatic carbocycles. The first-order valence-corrected chi connectivity index (χ1v) is 11.6. The predicted octanol–water partition coefficient (Wildman–Crippen LogP) is 5.22. The quantitative estimate of drug-likeness (QED) is 0.523. The number of nitrogens with zero attached hydrogens (tertiary/aromatic N) is 1. The molecule has 5 nitrogen and oxygen atoms in total. The third-order valence-corrected chi connectivity index (χ3v) is 5.75. The maximum atomic E-state index is 13.4. The molecule has 2 rings (SSSR count). The number of carbonyl (C=O) groups excluding carboxylic acids is 2. The molecule has 0 heterocycles. The van der Waals surface area contributed by atoms with Crippen molar-refractivity contribution < 1.29 is 14.3 Å². The lowest BCUT2D eigenvalue weighted by Gasteiger charge is -2.31. The molecule has 0 aliphatic heterocycles. The molecule has 0 saturated carbocycles. The number of ether oxygens (including phenoxy) is 1. The Morgan fingerprint density at radius 2 is 1.62 bits per heavy atom. The second kappa shape index (κ2) is 12.3. The van der Waals surface area contributed by atoms with Gasteiger partial charge in [0.2, 0.25) is 5.91 Å². The highest BCUT2D eigenvalue weighted by Crippen LogP contribution is 2.26. The zero-order valence-electron chi connectivity index (χ0n) is 20.4. The van der Waals surface area contributed by atoms with Crippen LogP contribution in [-0.2, 0) is 16.1 Å². The summed E-state index contributed by atoms with van der Waals surface area (Å²) in [5.41, 5.74) is 3.20. The van der Waals surface area contributed by atoms with Crippen LogP contribution >= 0.6 is 0 Å². The molecule has 0 bridgehead atoms. The first kappa shape index (κ1) is 25.4. The average Bonchev–Trinajstić information content (AvgIpc) is 2.78. The van der Waals surface area contributed by atoms with E-state index in [2.05, 4.69) is 19.2 Å². The van der Waals surface area contributed by atoms with Crippen LogP contribution in [0, 0.1) is 6.92 Å². The van der Waals surface area contributed by atoms with E-state index in [1.807, 2.05) is 76.2 Å².